The second-order valence-corrected chi connectivity index (χ2v) is 14.3. The van der Waals surface area contributed by atoms with Crippen LogP contribution in [0, 0.1) is 24.6 Å². The van der Waals surface area contributed by atoms with Crippen molar-refractivity contribution in [3.05, 3.63) is 75.5 Å². The Balaban J connectivity index is 1.07. The summed E-state index contributed by atoms with van der Waals surface area (Å²) >= 11 is 2.86. The summed E-state index contributed by atoms with van der Waals surface area (Å²) in [5, 5.41) is 42.0. The van der Waals surface area contributed by atoms with Crippen molar-refractivity contribution in [3.8, 4) is 17.6 Å². The number of carbonyl (C=O) groups is 1. The molecular weight excluding hydrogens is 694 g/mol. The maximum Gasteiger partial charge on any atom is 0.355 e. The predicted octanol–water partition coefficient (Wildman–Crippen LogP) is 5.55. The second-order valence-electron chi connectivity index (χ2n) is 12.2. The van der Waals surface area contributed by atoms with Crippen LogP contribution in [0.4, 0.5) is 26.3 Å². The van der Waals surface area contributed by atoms with Gasteiger partial charge < -0.3 is 30.3 Å². The van der Waals surface area contributed by atoms with Crippen LogP contribution in [0.2, 0.25) is 0 Å². The van der Waals surface area contributed by atoms with Gasteiger partial charge in [0.1, 0.15) is 0 Å². The molecular formula is C36H38FN7O5S2. The fraction of sp³-hybridized carbons (Fsp3) is 0.361. The van der Waals surface area contributed by atoms with Gasteiger partial charge in [0.2, 0.25) is 0 Å². The molecule has 0 saturated heterocycles. The first-order valence-corrected chi connectivity index (χ1v) is 18.2. The third-order valence-corrected chi connectivity index (χ3v) is 10.5. The zero-order valence-corrected chi connectivity index (χ0v) is 29.9. The van der Waals surface area contributed by atoms with Gasteiger partial charge in [-0.2, -0.15) is 0 Å². The molecule has 1 unspecified atom stereocenters. The van der Waals surface area contributed by atoms with Crippen LogP contribution in [0.1, 0.15) is 51.3 Å². The fourth-order valence-corrected chi connectivity index (χ4v) is 7.62. The molecule has 0 fully saturated rings. The van der Waals surface area contributed by atoms with Gasteiger partial charge in [-0.05, 0) is 76.4 Å². The molecule has 0 radical (unpaired) electrons. The van der Waals surface area contributed by atoms with Gasteiger partial charge in [-0.1, -0.05) is 35.3 Å². The lowest BCUT2D eigenvalue weighted by molar-refractivity contribution is 0.0690. The second kappa shape index (κ2) is 16.5. The van der Waals surface area contributed by atoms with Crippen molar-refractivity contribution in [3.63, 3.8) is 0 Å². The van der Waals surface area contributed by atoms with E-state index >= 15 is 0 Å². The van der Waals surface area contributed by atoms with Crippen molar-refractivity contribution in [2.75, 3.05) is 50.1 Å². The topological polar surface area (TPSA) is 157 Å². The van der Waals surface area contributed by atoms with E-state index in [4.69, 9.17) is 9.84 Å². The van der Waals surface area contributed by atoms with E-state index in [0.29, 0.717) is 66.1 Å². The van der Waals surface area contributed by atoms with Gasteiger partial charge in [0.15, 0.2) is 39.2 Å². The van der Waals surface area contributed by atoms with E-state index in [9.17, 15) is 19.4 Å². The van der Waals surface area contributed by atoms with E-state index < -0.39 is 17.9 Å². The number of fused-ring (bicyclic) bond motifs is 2. The Morgan fingerprint density at radius 1 is 1.20 bits per heavy atom. The molecule has 15 heteroatoms. The van der Waals surface area contributed by atoms with E-state index in [2.05, 4.69) is 37.3 Å². The molecule has 51 heavy (non-hydrogen) atoms. The number of aryl methyl sites for hydroxylation is 1. The lowest BCUT2D eigenvalue weighted by Crippen LogP contribution is -2.27. The number of anilines is 4. The Bertz CT molecular complexity index is 2040. The highest BCUT2D eigenvalue weighted by molar-refractivity contribution is 7.22. The number of benzene rings is 2. The van der Waals surface area contributed by atoms with Crippen molar-refractivity contribution >= 4 is 60.8 Å². The summed E-state index contributed by atoms with van der Waals surface area (Å²) in [7, 11) is 1.85. The quantitative estimate of drug-likeness (QED) is 0.0835. The molecule has 2 aromatic carbocycles. The number of hydrogen-bond acceptors (Lipinski definition) is 13. The van der Waals surface area contributed by atoms with Crippen LogP contribution in [-0.4, -0.2) is 92.4 Å². The number of nitrogens with zero attached hydrogens (tertiary/aromatic N) is 6. The number of carboxylic acid groups (broad SMARTS) is 1. The van der Waals surface area contributed by atoms with Crippen LogP contribution in [0.5, 0.6) is 5.75 Å². The van der Waals surface area contributed by atoms with Gasteiger partial charge in [0.05, 0.1) is 36.1 Å². The first-order valence-electron chi connectivity index (χ1n) is 16.6. The number of ether oxygens (including phenoxy) is 1. The number of aromatic nitrogens is 4. The minimum atomic E-state index is -1.11. The largest absolute Gasteiger partial charge is 0.491 e. The maximum absolute atomic E-state index is 14.8. The van der Waals surface area contributed by atoms with Crippen LogP contribution in [0.3, 0.4) is 0 Å². The monoisotopic (exact) mass is 731 g/mol. The summed E-state index contributed by atoms with van der Waals surface area (Å²) < 4.78 is 21.6. The summed E-state index contributed by atoms with van der Waals surface area (Å²) in [6.07, 6.45) is 2.18. The van der Waals surface area contributed by atoms with E-state index in [1.54, 1.807) is 17.4 Å². The van der Waals surface area contributed by atoms with Gasteiger partial charge in [0.25, 0.3) is 0 Å². The Labute approximate surface area is 302 Å². The first kappa shape index (κ1) is 36.1. The van der Waals surface area contributed by atoms with E-state index in [0.717, 1.165) is 39.3 Å². The third kappa shape index (κ3) is 8.78. The third-order valence-electron chi connectivity index (χ3n) is 8.40. The molecule has 0 amide bonds. The highest BCUT2D eigenvalue weighted by Gasteiger charge is 2.28. The highest BCUT2D eigenvalue weighted by Crippen LogP contribution is 2.39. The number of carboxylic acids is 1. The van der Waals surface area contributed by atoms with Gasteiger partial charge in [0, 0.05) is 34.7 Å². The van der Waals surface area contributed by atoms with E-state index in [1.807, 2.05) is 48.0 Å². The SMILES string of the molecule is Cc1c(Nc2nc3ccccc3s2)nnc2c1CCCN2c1nc(C(=O)O)c(CCCOc2ccc(C#CCN(C)CCC(O)CO)cc2F)s1. The number of nitrogens with one attached hydrogen (secondary N) is 1. The minimum absolute atomic E-state index is 0.00902. The molecule has 0 spiro atoms. The first-order chi connectivity index (χ1) is 24.7. The summed E-state index contributed by atoms with van der Waals surface area (Å²) in [5.41, 5.74) is 3.40. The standard InChI is InChI=1S/C36H38FN7O5S2/c1-22-25-9-6-17-44(33(25)42-41-32(22)40-35-38-27-10-3-4-11-29(27)50-35)36-39-31(34(47)48)30(51-36)12-7-19-49-28-14-13-23(20-26(28)37)8-5-16-43(2)18-15-24(46)21-45/h3-4,10-11,13-14,20,24,45-46H,6-7,9,12,15-19,21H2,1-2H3,(H,47,48)(H,38,40,41). The Hall–Kier alpha value is -4.72. The smallest absolute Gasteiger partial charge is 0.355 e. The zero-order chi connectivity index (χ0) is 35.9. The van der Waals surface area contributed by atoms with Crippen molar-refractivity contribution in [2.45, 2.75) is 45.1 Å². The molecule has 0 aliphatic carbocycles. The van der Waals surface area contributed by atoms with Gasteiger partial charge >= 0.3 is 5.97 Å². The number of rotatable bonds is 14. The van der Waals surface area contributed by atoms with Gasteiger partial charge in [-0.25, -0.2) is 19.2 Å². The molecule has 6 rings (SSSR count). The number of hydrogen-bond donors (Lipinski definition) is 4. The molecule has 1 aliphatic heterocycles. The number of para-hydroxylation sites is 1. The number of aliphatic hydroxyl groups is 2. The molecule has 12 nitrogen and oxygen atoms in total. The molecule has 3 aromatic heterocycles. The highest BCUT2D eigenvalue weighted by atomic mass is 32.1. The van der Waals surface area contributed by atoms with Crippen molar-refractivity contribution in [2.24, 2.45) is 0 Å². The lowest BCUT2D eigenvalue weighted by Gasteiger charge is -2.28. The average Bonchev–Trinajstić information content (AvgIpc) is 3.75. The summed E-state index contributed by atoms with van der Waals surface area (Å²) in [4.78, 5) is 25.8. The number of aromatic carboxylic acids is 1. The van der Waals surface area contributed by atoms with Crippen LogP contribution >= 0.6 is 22.7 Å². The number of aliphatic hydroxyl groups excluding tert-OH is 2. The van der Waals surface area contributed by atoms with E-state index in [1.165, 1.54) is 23.5 Å². The molecule has 1 aliphatic rings. The van der Waals surface area contributed by atoms with Crippen LogP contribution in [0.25, 0.3) is 10.2 Å². The summed E-state index contributed by atoms with van der Waals surface area (Å²) in [6, 6.07) is 12.5. The van der Waals surface area contributed by atoms with Crippen molar-refractivity contribution in [1.29, 1.82) is 0 Å². The lowest BCUT2D eigenvalue weighted by atomic mass is 10.0. The number of halogens is 1. The molecule has 5 aromatic rings. The van der Waals surface area contributed by atoms with Crippen LogP contribution < -0.4 is 15.0 Å². The zero-order valence-electron chi connectivity index (χ0n) is 28.2. The molecule has 1 atom stereocenters. The Morgan fingerprint density at radius 2 is 2.04 bits per heavy atom. The molecule has 4 heterocycles. The Kier molecular flexibility index (Phi) is 11.7. The minimum Gasteiger partial charge on any atom is -0.491 e. The molecule has 0 saturated carbocycles. The van der Waals surface area contributed by atoms with Gasteiger partial charge in [-0.15, -0.1) is 21.5 Å². The number of thiazole rings is 2. The molecule has 266 valence electrons. The van der Waals surface area contributed by atoms with Crippen LogP contribution in [0.15, 0.2) is 42.5 Å². The summed E-state index contributed by atoms with van der Waals surface area (Å²) in [5.74, 6) is 5.66. The Morgan fingerprint density at radius 3 is 2.82 bits per heavy atom. The normalized spacial score (nSPS) is 13.2. The summed E-state index contributed by atoms with van der Waals surface area (Å²) in [6.45, 7) is 3.53. The molecule has 4 N–H and O–H groups in total. The molecule has 0 bridgehead atoms. The van der Waals surface area contributed by atoms with Crippen molar-refractivity contribution < 1.29 is 29.2 Å². The van der Waals surface area contributed by atoms with E-state index in [-0.39, 0.29) is 24.7 Å². The van der Waals surface area contributed by atoms with Crippen LogP contribution in [-0.2, 0) is 12.8 Å². The fourth-order valence-electron chi connectivity index (χ4n) is 5.63. The van der Waals surface area contributed by atoms with Gasteiger partial charge in [-0.3, -0.25) is 4.90 Å². The van der Waals surface area contributed by atoms with Crippen molar-refractivity contribution in [1.82, 2.24) is 25.1 Å². The maximum atomic E-state index is 14.8. The average molecular weight is 732 g/mol. The predicted molar refractivity (Wildman–Crippen MR) is 196 cm³/mol.